The van der Waals surface area contributed by atoms with Crippen molar-refractivity contribution in [2.45, 2.75) is 13.5 Å². The predicted molar refractivity (Wildman–Crippen MR) is 45.4 cm³/mol. The maximum Gasteiger partial charge on any atom is 0.237 e. The molecule has 2 rings (SSSR count). The van der Waals surface area contributed by atoms with Crippen LogP contribution in [0.4, 0.5) is 0 Å². The third-order valence-electron chi connectivity index (χ3n) is 1.47. The molecule has 0 N–H and O–H groups in total. The monoisotopic (exact) mass is 198 g/mol. The first-order valence-corrected chi connectivity index (χ1v) is 4.10. The fourth-order valence-corrected chi connectivity index (χ4v) is 1.12. The lowest BCUT2D eigenvalue weighted by Crippen LogP contribution is -2.00. The van der Waals surface area contributed by atoms with Crippen molar-refractivity contribution < 1.29 is 4.42 Å². The highest BCUT2D eigenvalue weighted by Gasteiger charge is 2.03. The van der Waals surface area contributed by atoms with Crippen LogP contribution < -0.4 is 0 Å². The van der Waals surface area contributed by atoms with Crippen molar-refractivity contribution in [1.29, 1.82) is 0 Å². The fraction of sp³-hybridized carbons (Fsp3) is 0.286. The Morgan fingerprint density at radius 1 is 1.54 bits per heavy atom. The molecule has 6 heteroatoms. The number of aryl methyl sites for hydroxylation is 1. The molecule has 2 aromatic rings. The average molecular weight is 199 g/mol. The van der Waals surface area contributed by atoms with Crippen molar-refractivity contribution in [2.24, 2.45) is 0 Å². The molecule has 0 atom stereocenters. The van der Waals surface area contributed by atoms with Crippen LogP contribution in [0.15, 0.2) is 16.7 Å². The zero-order chi connectivity index (χ0) is 9.26. The Morgan fingerprint density at radius 2 is 2.38 bits per heavy atom. The average Bonchev–Trinajstić information content (AvgIpc) is 2.62. The third kappa shape index (κ3) is 1.86. The standard InChI is InChI=1S/C7H7ClN4O/c1-5-9-10-7(13-5)4-12-3-2-6(8)11-12/h2-3H,4H2,1H3. The molecule has 13 heavy (non-hydrogen) atoms. The number of hydrogen-bond donors (Lipinski definition) is 0. The second-order valence-electron chi connectivity index (χ2n) is 2.55. The van der Waals surface area contributed by atoms with Crippen LogP contribution in [0, 0.1) is 6.92 Å². The molecule has 0 amide bonds. The van der Waals surface area contributed by atoms with E-state index in [1.54, 1.807) is 23.9 Å². The van der Waals surface area contributed by atoms with Crippen LogP contribution in [-0.2, 0) is 6.54 Å². The summed E-state index contributed by atoms with van der Waals surface area (Å²) in [5.41, 5.74) is 0. The van der Waals surface area contributed by atoms with E-state index in [2.05, 4.69) is 15.3 Å². The van der Waals surface area contributed by atoms with E-state index in [9.17, 15) is 0 Å². The van der Waals surface area contributed by atoms with Gasteiger partial charge in [0.25, 0.3) is 0 Å². The van der Waals surface area contributed by atoms with Crippen molar-refractivity contribution in [3.8, 4) is 0 Å². The molecule has 2 heterocycles. The van der Waals surface area contributed by atoms with E-state index in [0.29, 0.717) is 23.5 Å². The largest absolute Gasteiger partial charge is 0.424 e. The summed E-state index contributed by atoms with van der Waals surface area (Å²) in [6.45, 7) is 2.19. The molecule has 68 valence electrons. The number of rotatable bonds is 2. The van der Waals surface area contributed by atoms with Gasteiger partial charge >= 0.3 is 0 Å². The molecule has 0 spiro atoms. The highest BCUT2D eigenvalue weighted by atomic mass is 35.5. The molecule has 2 aromatic heterocycles. The minimum atomic E-state index is 0.452. The van der Waals surface area contributed by atoms with E-state index in [4.69, 9.17) is 16.0 Å². The second kappa shape index (κ2) is 3.18. The normalized spacial score (nSPS) is 10.6. The topological polar surface area (TPSA) is 56.7 Å². The minimum absolute atomic E-state index is 0.452. The molecular formula is C7H7ClN4O. The van der Waals surface area contributed by atoms with Gasteiger partial charge in [-0.05, 0) is 6.07 Å². The van der Waals surface area contributed by atoms with E-state index < -0.39 is 0 Å². The molecule has 0 aromatic carbocycles. The first-order valence-electron chi connectivity index (χ1n) is 3.72. The van der Waals surface area contributed by atoms with Gasteiger partial charge in [0.05, 0.1) is 0 Å². The van der Waals surface area contributed by atoms with Gasteiger partial charge in [0.2, 0.25) is 11.8 Å². The van der Waals surface area contributed by atoms with Crippen LogP contribution >= 0.6 is 11.6 Å². The lowest BCUT2D eigenvalue weighted by atomic mass is 10.6. The lowest BCUT2D eigenvalue weighted by Gasteiger charge is -1.93. The molecule has 0 aliphatic heterocycles. The van der Waals surface area contributed by atoms with E-state index in [1.165, 1.54) is 0 Å². The molecular weight excluding hydrogens is 192 g/mol. The van der Waals surface area contributed by atoms with Gasteiger partial charge < -0.3 is 4.42 Å². The van der Waals surface area contributed by atoms with Crippen molar-refractivity contribution in [2.75, 3.05) is 0 Å². The summed E-state index contributed by atoms with van der Waals surface area (Å²) in [5.74, 6) is 1.07. The van der Waals surface area contributed by atoms with Crippen LogP contribution in [0.2, 0.25) is 5.15 Å². The van der Waals surface area contributed by atoms with Crippen LogP contribution in [0.5, 0.6) is 0 Å². The molecule has 0 radical (unpaired) electrons. The molecule has 0 saturated carbocycles. The molecule has 0 aliphatic carbocycles. The van der Waals surface area contributed by atoms with Gasteiger partial charge in [-0.2, -0.15) is 5.10 Å². The summed E-state index contributed by atoms with van der Waals surface area (Å²) in [4.78, 5) is 0. The Bertz CT molecular complexity index is 370. The van der Waals surface area contributed by atoms with Gasteiger partial charge in [-0.25, -0.2) is 0 Å². The lowest BCUT2D eigenvalue weighted by molar-refractivity contribution is 0.444. The number of aromatic nitrogens is 4. The molecule has 0 bridgehead atoms. The Balaban J connectivity index is 2.14. The van der Waals surface area contributed by atoms with E-state index in [1.807, 2.05) is 0 Å². The molecule has 0 unspecified atom stereocenters. The van der Waals surface area contributed by atoms with Gasteiger partial charge in [0.1, 0.15) is 6.54 Å². The van der Waals surface area contributed by atoms with Gasteiger partial charge in [-0.1, -0.05) is 11.6 Å². The van der Waals surface area contributed by atoms with Crippen molar-refractivity contribution in [1.82, 2.24) is 20.0 Å². The smallest absolute Gasteiger partial charge is 0.237 e. The van der Waals surface area contributed by atoms with Crippen molar-refractivity contribution in [3.05, 3.63) is 29.2 Å². The minimum Gasteiger partial charge on any atom is -0.424 e. The number of nitrogens with zero attached hydrogens (tertiary/aromatic N) is 4. The third-order valence-corrected chi connectivity index (χ3v) is 1.67. The van der Waals surface area contributed by atoms with Crippen molar-refractivity contribution >= 4 is 11.6 Å². The SMILES string of the molecule is Cc1nnc(Cn2ccc(Cl)n2)o1. The highest BCUT2D eigenvalue weighted by Crippen LogP contribution is 2.05. The van der Waals surface area contributed by atoms with Crippen LogP contribution in [0.25, 0.3) is 0 Å². The Kier molecular flexibility index (Phi) is 2.02. The van der Waals surface area contributed by atoms with Gasteiger partial charge in [-0.15, -0.1) is 10.2 Å². The Labute approximate surface area is 79.3 Å². The van der Waals surface area contributed by atoms with Crippen LogP contribution in [-0.4, -0.2) is 20.0 Å². The molecule has 5 nitrogen and oxygen atoms in total. The van der Waals surface area contributed by atoms with E-state index in [-0.39, 0.29) is 0 Å². The summed E-state index contributed by atoms with van der Waals surface area (Å²) in [5, 5.41) is 12.0. The van der Waals surface area contributed by atoms with Crippen LogP contribution in [0.3, 0.4) is 0 Å². The van der Waals surface area contributed by atoms with Gasteiger partial charge in [0.15, 0.2) is 5.15 Å². The summed E-state index contributed by atoms with van der Waals surface area (Å²) in [6, 6.07) is 1.70. The molecule has 0 fully saturated rings. The zero-order valence-corrected chi connectivity index (χ0v) is 7.69. The Hall–Kier alpha value is -1.36. The fourth-order valence-electron chi connectivity index (χ4n) is 0.965. The van der Waals surface area contributed by atoms with Crippen molar-refractivity contribution in [3.63, 3.8) is 0 Å². The summed E-state index contributed by atoms with van der Waals surface area (Å²) < 4.78 is 6.80. The zero-order valence-electron chi connectivity index (χ0n) is 6.94. The van der Waals surface area contributed by atoms with Gasteiger partial charge in [-0.3, -0.25) is 4.68 Å². The van der Waals surface area contributed by atoms with Gasteiger partial charge in [0, 0.05) is 13.1 Å². The summed E-state index contributed by atoms with van der Waals surface area (Å²) >= 11 is 5.63. The van der Waals surface area contributed by atoms with Crippen LogP contribution in [0.1, 0.15) is 11.8 Å². The number of hydrogen-bond acceptors (Lipinski definition) is 4. The summed E-state index contributed by atoms with van der Waals surface area (Å²) in [7, 11) is 0. The van der Waals surface area contributed by atoms with E-state index in [0.717, 1.165) is 0 Å². The first-order chi connectivity index (χ1) is 6.24. The quantitative estimate of drug-likeness (QED) is 0.730. The maximum atomic E-state index is 5.63. The Morgan fingerprint density at radius 3 is 2.92 bits per heavy atom. The number of halogens is 1. The van der Waals surface area contributed by atoms with E-state index >= 15 is 0 Å². The maximum absolute atomic E-state index is 5.63. The molecule has 0 aliphatic rings. The molecule has 0 saturated heterocycles. The highest BCUT2D eigenvalue weighted by molar-refractivity contribution is 6.29. The first kappa shape index (κ1) is 8.25. The predicted octanol–water partition coefficient (Wildman–Crippen LogP) is 1.28. The second-order valence-corrected chi connectivity index (χ2v) is 2.94. The summed E-state index contributed by atoms with van der Waals surface area (Å²) in [6.07, 6.45) is 1.75.